The van der Waals surface area contributed by atoms with Gasteiger partial charge in [-0.05, 0) is 12.1 Å². The van der Waals surface area contributed by atoms with Gasteiger partial charge in [-0.3, -0.25) is 0 Å². The van der Waals surface area contributed by atoms with E-state index in [1.165, 1.54) is 6.07 Å². The van der Waals surface area contributed by atoms with Crippen LogP contribution in [0.15, 0.2) is 30.3 Å². The molecule has 0 saturated heterocycles. The van der Waals surface area contributed by atoms with Gasteiger partial charge in [-0.15, -0.1) is 0 Å². The molecular weight excluding hydrogens is 198 g/mol. The van der Waals surface area contributed by atoms with E-state index in [1.54, 1.807) is 18.2 Å². The Morgan fingerprint density at radius 2 is 2.07 bits per heavy atom. The second-order valence-electron chi connectivity index (χ2n) is 2.90. The lowest BCUT2D eigenvalue weighted by Crippen LogP contribution is -1.98. The molecule has 1 aromatic heterocycles. The molecule has 1 heterocycles. The van der Waals surface area contributed by atoms with E-state index in [0.29, 0.717) is 10.0 Å². The molecule has 0 aliphatic heterocycles. The average molecular weight is 205 g/mol. The Hall–Kier alpha value is -1.68. The minimum Gasteiger partial charge on any atom is -0.478 e. The number of H-pyrrole nitrogens is 1. The molecule has 2 aromatic rings. The fourth-order valence-corrected chi connectivity index (χ4v) is 1.61. The summed E-state index contributed by atoms with van der Waals surface area (Å²) in [6, 6.07) is 8.65. The molecular formula is C10H7NO2S. The van der Waals surface area contributed by atoms with Crippen molar-refractivity contribution in [2.24, 2.45) is 0 Å². The van der Waals surface area contributed by atoms with Crippen molar-refractivity contribution in [1.29, 1.82) is 0 Å². The van der Waals surface area contributed by atoms with Crippen LogP contribution in [0.3, 0.4) is 0 Å². The van der Waals surface area contributed by atoms with Crippen LogP contribution >= 0.6 is 12.2 Å². The Morgan fingerprint density at radius 1 is 1.36 bits per heavy atom. The van der Waals surface area contributed by atoms with Crippen molar-refractivity contribution in [2.45, 2.75) is 0 Å². The maximum atomic E-state index is 10.9. The van der Waals surface area contributed by atoms with E-state index in [0.717, 1.165) is 5.52 Å². The summed E-state index contributed by atoms with van der Waals surface area (Å²) in [7, 11) is 0. The summed E-state index contributed by atoms with van der Waals surface area (Å²) in [5, 5.41) is 9.62. The van der Waals surface area contributed by atoms with Crippen molar-refractivity contribution in [3.63, 3.8) is 0 Å². The summed E-state index contributed by atoms with van der Waals surface area (Å²) in [5.41, 5.74) is 0.988. The molecule has 2 N–H and O–H groups in total. The second-order valence-corrected chi connectivity index (χ2v) is 3.34. The molecule has 0 unspecified atom stereocenters. The van der Waals surface area contributed by atoms with Gasteiger partial charge in [0.15, 0.2) is 0 Å². The van der Waals surface area contributed by atoms with Gasteiger partial charge in [0.25, 0.3) is 0 Å². The lowest BCUT2D eigenvalue weighted by molar-refractivity contribution is 0.0699. The molecule has 0 amide bonds. The van der Waals surface area contributed by atoms with E-state index in [4.69, 9.17) is 17.3 Å². The third-order valence-corrected chi connectivity index (χ3v) is 2.20. The third kappa shape index (κ3) is 1.40. The number of carboxylic acids is 1. The number of pyridine rings is 1. The monoisotopic (exact) mass is 205 g/mol. The Bertz CT molecular complexity index is 559. The normalized spacial score (nSPS) is 10.3. The Morgan fingerprint density at radius 3 is 2.79 bits per heavy atom. The number of aromatic carboxylic acids is 1. The van der Waals surface area contributed by atoms with Crippen molar-refractivity contribution in [3.8, 4) is 0 Å². The first-order valence-electron chi connectivity index (χ1n) is 4.04. The first-order valence-corrected chi connectivity index (χ1v) is 4.44. The number of carboxylic acid groups (broad SMARTS) is 1. The molecule has 2 rings (SSSR count). The molecule has 0 spiro atoms. The molecule has 0 fully saturated rings. The van der Waals surface area contributed by atoms with Crippen LogP contribution in [0.1, 0.15) is 10.4 Å². The molecule has 4 heteroatoms. The van der Waals surface area contributed by atoms with E-state index >= 15 is 0 Å². The van der Waals surface area contributed by atoms with Crippen LogP contribution in [0.5, 0.6) is 0 Å². The number of fused-ring (bicyclic) bond motifs is 1. The van der Waals surface area contributed by atoms with Gasteiger partial charge in [-0.1, -0.05) is 30.4 Å². The number of benzene rings is 1. The fraction of sp³-hybridized carbons (Fsp3) is 0. The topological polar surface area (TPSA) is 53.1 Å². The number of aromatic nitrogens is 1. The molecule has 0 aliphatic carbocycles. The van der Waals surface area contributed by atoms with E-state index in [-0.39, 0.29) is 5.56 Å². The number of hydrogen-bond donors (Lipinski definition) is 2. The fourth-order valence-electron chi connectivity index (χ4n) is 1.38. The van der Waals surface area contributed by atoms with Crippen LogP contribution in [-0.4, -0.2) is 16.1 Å². The van der Waals surface area contributed by atoms with Gasteiger partial charge in [-0.2, -0.15) is 0 Å². The molecule has 0 radical (unpaired) electrons. The Kier molecular flexibility index (Phi) is 2.05. The number of hydrogen-bond acceptors (Lipinski definition) is 2. The standard InChI is InChI=1S/C10H7NO2S/c12-10(13)7-5-9(14)11-8-4-2-1-3-6(7)8/h1-5H,(H,11,14)(H,12,13). The number of aromatic amines is 1. The maximum absolute atomic E-state index is 10.9. The SMILES string of the molecule is O=C(O)c1cc(=S)[nH]c2ccccc12. The largest absolute Gasteiger partial charge is 0.478 e. The number of rotatable bonds is 1. The van der Waals surface area contributed by atoms with E-state index < -0.39 is 5.97 Å². The van der Waals surface area contributed by atoms with E-state index in [1.807, 2.05) is 6.07 Å². The van der Waals surface area contributed by atoms with Crippen molar-refractivity contribution in [2.75, 3.05) is 0 Å². The van der Waals surface area contributed by atoms with Gasteiger partial charge in [0.05, 0.1) is 5.56 Å². The quantitative estimate of drug-likeness (QED) is 0.703. The molecule has 3 nitrogen and oxygen atoms in total. The predicted molar refractivity (Wildman–Crippen MR) is 56.1 cm³/mol. The molecule has 0 aliphatic rings. The second kappa shape index (κ2) is 3.23. The summed E-state index contributed by atoms with van der Waals surface area (Å²) in [4.78, 5) is 13.8. The number of nitrogens with one attached hydrogen (secondary N) is 1. The highest BCUT2D eigenvalue weighted by atomic mass is 32.1. The van der Waals surface area contributed by atoms with Crippen LogP contribution in [0.25, 0.3) is 10.9 Å². The number of para-hydroxylation sites is 1. The van der Waals surface area contributed by atoms with Gasteiger partial charge >= 0.3 is 5.97 Å². The smallest absolute Gasteiger partial charge is 0.336 e. The molecule has 0 saturated carbocycles. The van der Waals surface area contributed by atoms with Crippen LogP contribution < -0.4 is 0 Å². The van der Waals surface area contributed by atoms with Crippen molar-refractivity contribution >= 4 is 29.1 Å². The lowest BCUT2D eigenvalue weighted by atomic mass is 10.1. The van der Waals surface area contributed by atoms with Crippen LogP contribution in [0.4, 0.5) is 0 Å². The summed E-state index contributed by atoms with van der Waals surface area (Å²) >= 11 is 4.93. The zero-order chi connectivity index (χ0) is 10.1. The van der Waals surface area contributed by atoms with E-state index in [2.05, 4.69) is 4.98 Å². The zero-order valence-corrected chi connectivity index (χ0v) is 7.97. The van der Waals surface area contributed by atoms with Crippen molar-refractivity contribution in [1.82, 2.24) is 4.98 Å². The highest BCUT2D eigenvalue weighted by molar-refractivity contribution is 7.71. The van der Waals surface area contributed by atoms with Crippen LogP contribution in [0.2, 0.25) is 0 Å². The molecule has 1 aromatic carbocycles. The summed E-state index contributed by atoms with van der Waals surface area (Å²) in [5.74, 6) is -0.957. The summed E-state index contributed by atoms with van der Waals surface area (Å²) in [6.45, 7) is 0. The zero-order valence-electron chi connectivity index (χ0n) is 7.15. The molecule has 0 bridgehead atoms. The first kappa shape index (κ1) is 8.90. The van der Waals surface area contributed by atoms with Gasteiger partial charge in [0.2, 0.25) is 0 Å². The van der Waals surface area contributed by atoms with Crippen LogP contribution in [-0.2, 0) is 0 Å². The van der Waals surface area contributed by atoms with Crippen molar-refractivity contribution < 1.29 is 9.90 Å². The number of carbonyl (C=O) groups is 1. The average Bonchev–Trinajstić information content (AvgIpc) is 2.16. The van der Waals surface area contributed by atoms with Gasteiger partial charge in [-0.25, -0.2) is 4.79 Å². The predicted octanol–water partition coefficient (Wildman–Crippen LogP) is 2.60. The van der Waals surface area contributed by atoms with E-state index in [9.17, 15) is 4.79 Å². The minimum atomic E-state index is -0.957. The van der Waals surface area contributed by atoms with Gasteiger partial charge in [0.1, 0.15) is 4.64 Å². The molecule has 0 atom stereocenters. The van der Waals surface area contributed by atoms with Gasteiger partial charge < -0.3 is 10.1 Å². The highest BCUT2D eigenvalue weighted by Crippen LogP contribution is 2.16. The van der Waals surface area contributed by atoms with Gasteiger partial charge in [0, 0.05) is 10.9 Å². The summed E-state index contributed by atoms with van der Waals surface area (Å²) < 4.78 is 0.432. The lowest BCUT2D eigenvalue weighted by Gasteiger charge is -2.01. The molecule has 70 valence electrons. The first-order chi connectivity index (χ1) is 6.68. The maximum Gasteiger partial charge on any atom is 0.336 e. The Labute approximate surface area is 85.0 Å². The van der Waals surface area contributed by atoms with Crippen LogP contribution in [0, 0.1) is 4.64 Å². The molecule has 14 heavy (non-hydrogen) atoms. The Balaban J connectivity index is 2.94. The minimum absolute atomic E-state index is 0.240. The third-order valence-electron chi connectivity index (χ3n) is 1.98. The van der Waals surface area contributed by atoms with Crippen molar-refractivity contribution in [3.05, 3.63) is 40.5 Å². The summed E-state index contributed by atoms with van der Waals surface area (Å²) in [6.07, 6.45) is 0. The highest BCUT2D eigenvalue weighted by Gasteiger charge is 2.07.